The molecule has 13 atom stereocenters. The standard InChI is InChI=1S/C57H89N19O14/c1-6-29(3)44(53(86)70-41(21-34-24-63-28-67-34)51(84)72-42(56(89)90)19-32-22-65-37-14-9-8-13-35(32)37)74-49(82)39(16-12-18-64-57(60)61)68-50(83)40(20-33-23-62-27-66-33)71-55(88)46(31(5)79)76-54(87)45(30(4)7-2)75-48(81)38(15-10-11-17-58)69-52(85)43(26-78)73-47(80)36(59)25-77/h8-9,13-14,22-24,27-31,36,38-46,65,77-79H,6-7,10-12,15-21,25-26,58-59H2,1-5H3,(H,62,66)(H,63,67)(H,68,83)(H,69,85)(H,70,86)(H,71,88)(H,72,84)(H,73,80)(H,74,82)(H,75,81)(H,76,87)(H,89,90)(H4,60,61,64)/t29-,30-,31+,36-,38-,39-,40-,41-,42-,43-,44-,45-,46-/m0/s1. The number of unbranched alkanes of at least 4 members (excludes halogenated alkanes) is 1. The van der Waals surface area contributed by atoms with Gasteiger partial charge < -0.3 is 106 Å². The second-order valence-corrected chi connectivity index (χ2v) is 22.0. The lowest BCUT2D eigenvalue weighted by Crippen LogP contribution is -2.63. The van der Waals surface area contributed by atoms with Gasteiger partial charge in [0, 0.05) is 66.7 Å². The second-order valence-electron chi connectivity index (χ2n) is 22.0. The average molecular weight is 1260 g/mol. The molecule has 0 bridgehead atoms. The number of aromatic nitrogens is 5. The maximum absolute atomic E-state index is 14.6. The number of nitrogens with two attached hydrogens (primary N) is 4. The van der Waals surface area contributed by atoms with E-state index in [1.165, 1.54) is 32.0 Å². The topological polar surface area (TPSA) is 549 Å². The van der Waals surface area contributed by atoms with Crippen LogP contribution in [0.25, 0.3) is 10.9 Å². The molecular weight excluding hydrogens is 1170 g/mol. The summed E-state index contributed by atoms with van der Waals surface area (Å²) in [5.41, 5.74) is 24.5. The number of carbonyl (C=O) groups excluding carboxylic acids is 9. The third-order valence-corrected chi connectivity index (χ3v) is 15.1. The molecule has 0 aliphatic carbocycles. The van der Waals surface area contributed by atoms with E-state index in [1.54, 1.807) is 46.0 Å². The Morgan fingerprint density at radius 1 is 0.556 bits per heavy atom. The molecule has 3 aromatic heterocycles. The zero-order chi connectivity index (χ0) is 66.6. The number of benzene rings is 1. The Balaban J connectivity index is 1.60. The van der Waals surface area contributed by atoms with Crippen molar-refractivity contribution in [3.8, 4) is 0 Å². The lowest BCUT2D eigenvalue weighted by Gasteiger charge is -2.30. The summed E-state index contributed by atoms with van der Waals surface area (Å²) >= 11 is 0. The molecule has 4 aromatic rings. The summed E-state index contributed by atoms with van der Waals surface area (Å²) in [7, 11) is 0. The van der Waals surface area contributed by atoms with Crippen LogP contribution in [0, 0.1) is 11.8 Å². The fourth-order valence-electron chi connectivity index (χ4n) is 9.36. The van der Waals surface area contributed by atoms with Gasteiger partial charge in [0.1, 0.15) is 60.4 Å². The van der Waals surface area contributed by atoms with Crippen LogP contribution >= 0.6 is 0 Å². The fourth-order valence-corrected chi connectivity index (χ4v) is 9.36. The van der Waals surface area contributed by atoms with Crippen LogP contribution in [0.4, 0.5) is 0 Å². The molecule has 33 heteroatoms. The van der Waals surface area contributed by atoms with E-state index in [9.17, 15) is 68.4 Å². The minimum absolute atomic E-state index is 0.0167. The second kappa shape index (κ2) is 37.1. The van der Waals surface area contributed by atoms with E-state index in [2.05, 4.69) is 77.8 Å². The molecule has 1 aromatic carbocycles. The molecule has 0 saturated heterocycles. The van der Waals surface area contributed by atoms with Gasteiger partial charge in [-0.1, -0.05) is 58.7 Å². The third-order valence-electron chi connectivity index (χ3n) is 15.1. The van der Waals surface area contributed by atoms with Crippen LogP contribution in [0.5, 0.6) is 0 Å². The lowest BCUT2D eigenvalue weighted by atomic mass is 9.96. The van der Waals surface area contributed by atoms with Gasteiger partial charge in [-0.2, -0.15) is 0 Å². The normalized spacial score (nSPS) is 15.6. The van der Waals surface area contributed by atoms with Gasteiger partial charge in [0.2, 0.25) is 53.2 Å². The Morgan fingerprint density at radius 3 is 1.48 bits per heavy atom. The summed E-state index contributed by atoms with van der Waals surface area (Å²) in [6, 6.07) is -7.68. The first-order valence-electron chi connectivity index (χ1n) is 29.7. The Kier molecular flexibility index (Phi) is 30.2. The predicted octanol–water partition coefficient (Wildman–Crippen LogP) is -4.94. The van der Waals surface area contributed by atoms with Gasteiger partial charge in [-0.3, -0.25) is 48.1 Å². The van der Waals surface area contributed by atoms with Gasteiger partial charge in [0.15, 0.2) is 5.96 Å². The van der Waals surface area contributed by atoms with Crippen molar-refractivity contribution in [3.05, 3.63) is 72.5 Å². The van der Waals surface area contributed by atoms with Crippen molar-refractivity contribution in [2.24, 2.45) is 39.8 Å². The van der Waals surface area contributed by atoms with Crippen molar-refractivity contribution in [1.29, 1.82) is 0 Å². The highest BCUT2D eigenvalue weighted by atomic mass is 16.4. The average Bonchev–Trinajstić information content (AvgIpc) is 1.70. The number of aliphatic imine (C=N–C) groups is 1. The molecule has 90 heavy (non-hydrogen) atoms. The number of guanidine groups is 1. The summed E-state index contributed by atoms with van der Waals surface area (Å²) in [4.78, 5) is 160. The van der Waals surface area contributed by atoms with E-state index in [1.807, 2.05) is 12.1 Å². The molecule has 24 N–H and O–H groups in total. The van der Waals surface area contributed by atoms with Crippen molar-refractivity contribution < 1.29 is 68.4 Å². The van der Waals surface area contributed by atoms with Crippen molar-refractivity contribution in [2.45, 2.75) is 165 Å². The minimum Gasteiger partial charge on any atom is -0.480 e. The Labute approximate surface area is 519 Å². The highest BCUT2D eigenvalue weighted by molar-refractivity contribution is 5.99. The molecule has 4 rings (SSSR count). The number of para-hydroxylation sites is 1. The van der Waals surface area contributed by atoms with Gasteiger partial charge >= 0.3 is 5.97 Å². The molecule has 3 heterocycles. The first kappa shape index (κ1) is 73.4. The number of rotatable bonds is 40. The number of carbonyl (C=O) groups is 10. The first-order valence-corrected chi connectivity index (χ1v) is 29.7. The van der Waals surface area contributed by atoms with E-state index in [0.717, 1.165) is 10.9 Å². The monoisotopic (exact) mass is 1260 g/mol. The highest BCUT2D eigenvalue weighted by Crippen LogP contribution is 2.20. The number of nitrogens with zero attached hydrogens (tertiary/aromatic N) is 3. The molecule has 0 aliphatic rings. The van der Waals surface area contributed by atoms with Crippen molar-refractivity contribution in [2.75, 3.05) is 26.3 Å². The third kappa shape index (κ3) is 22.8. The summed E-state index contributed by atoms with van der Waals surface area (Å²) in [6.07, 6.45) is 6.04. The van der Waals surface area contributed by atoms with Crippen molar-refractivity contribution in [1.82, 2.24) is 72.8 Å². The Hall–Kier alpha value is -9.05. The zero-order valence-electron chi connectivity index (χ0n) is 51.1. The van der Waals surface area contributed by atoms with Gasteiger partial charge in [-0.15, -0.1) is 0 Å². The number of aliphatic carboxylic acids is 1. The SMILES string of the molecule is CC[C@H](C)[C@H](NC(=O)[C@H](CCCN=C(N)N)NC(=O)[C@H](Cc1cnc[nH]1)NC(=O)[C@@H](NC(=O)[C@@H](NC(=O)[C@H](CCCCN)NC(=O)[C@H](CO)NC(=O)[C@@H](N)CO)[C@@H](C)CC)[C@@H](C)O)C(=O)N[C@@H](Cc1cnc[nH]1)C(=O)N[C@@H](Cc1c[nH]c2ccccc12)C(=O)O. The minimum atomic E-state index is -1.81. The number of aromatic amines is 3. The molecule has 33 nitrogen and oxygen atoms in total. The van der Waals surface area contributed by atoms with Crippen LogP contribution in [0.1, 0.15) is 96.5 Å². The number of H-pyrrole nitrogens is 3. The highest BCUT2D eigenvalue weighted by Gasteiger charge is 2.39. The van der Waals surface area contributed by atoms with Gasteiger partial charge in [0.05, 0.1) is 32.0 Å². The van der Waals surface area contributed by atoms with Crippen LogP contribution in [-0.2, 0) is 67.2 Å². The van der Waals surface area contributed by atoms with E-state index in [0.29, 0.717) is 36.2 Å². The number of aliphatic hydroxyl groups excluding tert-OH is 3. The fraction of sp³-hybridized carbons (Fsp3) is 0.561. The smallest absolute Gasteiger partial charge is 0.326 e. The lowest BCUT2D eigenvalue weighted by molar-refractivity contribution is -0.142. The number of fused-ring (bicyclic) bond motifs is 1. The quantitative estimate of drug-likeness (QED) is 0.0113. The van der Waals surface area contributed by atoms with E-state index < -0.39 is 151 Å². The van der Waals surface area contributed by atoms with Crippen LogP contribution in [0.2, 0.25) is 0 Å². The number of aliphatic hydroxyl groups is 3. The Morgan fingerprint density at radius 2 is 1.01 bits per heavy atom. The van der Waals surface area contributed by atoms with Crippen molar-refractivity contribution >= 4 is 76.0 Å². The summed E-state index contributed by atoms with van der Waals surface area (Å²) < 4.78 is 0. The largest absolute Gasteiger partial charge is 0.480 e. The number of nitrogens with one attached hydrogen (secondary N) is 12. The van der Waals surface area contributed by atoms with Crippen LogP contribution in [-0.4, -0.2) is 203 Å². The maximum atomic E-state index is 14.6. The van der Waals surface area contributed by atoms with Crippen LogP contribution < -0.4 is 70.8 Å². The van der Waals surface area contributed by atoms with E-state index in [-0.39, 0.29) is 64.0 Å². The van der Waals surface area contributed by atoms with Gasteiger partial charge in [-0.25, -0.2) is 14.8 Å². The summed E-state index contributed by atoms with van der Waals surface area (Å²) in [6.45, 7) is 6.46. The van der Waals surface area contributed by atoms with E-state index in [4.69, 9.17) is 22.9 Å². The number of hydrogen-bond donors (Lipinski definition) is 20. The van der Waals surface area contributed by atoms with Gasteiger partial charge in [0.25, 0.3) is 0 Å². The van der Waals surface area contributed by atoms with Crippen molar-refractivity contribution in [3.63, 3.8) is 0 Å². The maximum Gasteiger partial charge on any atom is 0.326 e. The molecule has 0 aliphatic heterocycles. The number of carboxylic acids is 1. The number of amides is 9. The molecule has 9 amide bonds. The van der Waals surface area contributed by atoms with Gasteiger partial charge in [-0.05, 0) is 69.0 Å². The number of imidazole rings is 2. The molecule has 0 fully saturated rings. The molecular formula is C57H89N19O14. The van der Waals surface area contributed by atoms with E-state index >= 15 is 0 Å². The molecule has 0 saturated carbocycles. The summed E-state index contributed by atoms with van der Waals surface area (Å²) in [5, 5.41) is 64.3. The molecule has 0 radical (unpaired) electrons. The predicted molar refractivity (Wildman–Crippen MR) is 327 cm³/mol. The van der Waals surface area contributed by atoms with Crippen LogP contribution in [0.3, 0.4) is 0 Å². The first-order chi connectivity index (χ1) is 42.8. The number of carboxylic acid groups (broad SMARTS) is 1. The Bertz CT molecular complexity index is 3010. The molecule has 0 unspecified atom stereocenters. The molecule has 496 valence electrons. The zero-order valence-corrected chi connectivity index (χ0v) is 51.1. The number of hydrogen-bond acceptors (Lipinski definition) is 18. The molecule has 0 spiro atoms. The van der Waals surface area contributed by atoms with Crippen LogP contribution in [0.15, 0.2) is 60.5 Å². The summed E-state index contributed by atoms with van der Waals surface area (Å²) in [5.74, 6) is -11.3.